The summed E-state index contributed by atoms with van der Waals surface area (Å²) in [5, 5.41) is 2.85. The molecule has 5 rings (SSSR count). The highest BCUT2D eigenvalue weighted by atomic mass is 32.1. The molecule has 0 saturated carbocycles. The van der Waals surface area contributed by atoms with Gasteiger partial charge in [0, 0.05) is 24.3 Å². The summed E-state index contributed by atoms with van der Waals surface area (Å²) in [7, 11) is 0. The fourth-order valence-corrected chi connectivity index (χ4v) is 6.29. The van der Waals surface area contributed by atoms with Gasteiger partial charge in [-0.05, 0) is 61.1 Å². The molecule has 1 fully saturated rings. The van der Waals surface area contributed by atoms with Crippen molar-refractivity contribution in [2.24, 2.45) is 5.92 Å². The van der Waals surface area contributed by atoms with Crippen molar-refractivity contribution in [1.82, 2.24) is 14.8 Å². The molecule has 7 nitrogen and oxygen atoms in total. The van der Waals surface area contributed by atoms with E-state index in [4.69, 9.17) is 0 Å². The third-order valence-electron chi connectivity index (χ3n) is 7.44. The second-order valence-electron chi connectivity index (χ2n) is 10.3. The van der Waals surface area contributed by atoms with Gasteiger partial charge in [0.25, 0.3) is 5.91 Å². The Morgan fingerprint density at radius 2 is 1.92 bits per heavy atom. The Kier molecular flexibility index (Phi) is 7.05. The lowest BCUT2D eigenvalue weighted by molar-refractivity contribution is -0.143. The van der Waals surface area contributed by atoms with E-state index in [1.165, 1.54) is 4.90 Å². The highest BCUT2D eigenvalue weighted by Gasteiger charge is 2.47. The number of benzene rings is 2. The van der Waals surface area contributed by atoms with Gasteiger partial charge in [-0.2, -0.15) is 0 Å². The summed E-state index contributed by atoms with van der Waals surface area (Å²) >= 11 is 1.55. The van der Waals surface area contributed by atoms with Crippen molar-refractivity contribution in [1.29, 1.82) is 0 Å². The van der Waals surface area contributed by atoms with E-state index < -0.39 is 30.1 Å². The van der Waals surface area contributed by atoms with Gasteiger partial charge in [0.2, 0.25) is 11.8 Å². The van der Waals surface area contributed by atoms with Gasteiger partial charge in [-0.15, -0.1) is 11.3 Å². The number of aryl methyl sites for hydroxylation is 2. The average molecular weight is 535 g/mol. The number of alkyl halides is 1. The van der Waals surface area contributed by atoms with Crippen molar-refractivity contribution in [3.63, 3.8) is 0 Å². The smallest absolute Gasteiger partial charge is 0.255 e. The predicted octanol–water partition coefficient (Wildman–Crippen LogP) is 4.99. The zero-order chi connectivity index (χ0) is 27.1. The molecule has 1 aromatic heterocycles. The maximum atomic E-state index is 15.1. The van der Waals surface area contributed by atoms with Gasteiger partial charge in [-0.25, -0.2) is 9.37 Å². The number of carbonyl (C=O) groups is 3. The van der Waals surface area contributed by atoms with Crippen molar-refractivity contribution in [2.75, 3.05) is 11.9 Å². The van der Waals surface area contributed by atoms with E-state index in [0.29, 0.717) is 17.8 Å². The van der Waals surface area contributed by atoms with Crippen LogP contribution in [0.2, 0.25) is 0 Å². The zero-order valence-corrected chi connectivity index (χ0v) is 22.7. The van der Waals surface area contributed by atoms with Crippen LogP contribution in [0, 0.1) is 19.8 Å². The van der Waals surface area contributed by atoms with Crippen LogP contribution in [0.25, 0.3) is 10.4 Å². The molecule has 0 aliphatic carbocycles. The first-order valence-electron chi connectivity index (χ1n) is 12.8. The molecule has 3 heterocycles. The van der Waals surface area contributed by atoms with E-state index in [1.54, 1.807) is 39.9 Å². The second kappa shape index (κ2) is 10.3. The van der Waals surface area contributed by atoms with Gasteiger partial charge in [0.1, 0.15) is 18.3 Å². The van der Waals surface area contributed by atoms with Gasteiger partial charge in [-0.3, -0.25) is 14.4 Å². The van der Waals surface area contributed by atoms with Crippen LogP contribution in [0.3, 0.4) is 0 Å². The average Bonchev–Trinajstić information content (AvgIpc) is 3.57. The number of fused-ring (bicyclic) bond motifs is 1. The second-order valence-corrected chi connectivity index (χ2v) is 11.2. The van der Waals surface area contributed by atoms with Gasteiger partial charge in [-0.1, -0.05) is 38.1 Å². The minimum atomic E-state index is -1.49. The molecule has 9 heteroatoms. The number of likely N-dealkylation sites (tertiary alicyclic amines) is 1. The maximum absolute atomic E-state index is 15.1. The first kappa shape index (κ1) is 26.0. The van der Waals surface area contributed by atoms with Crippen molar-refractivity contribution >= 4 is 34.7 Å². The maximum Gasteiger partial charge on any atom is 0.255 e. The predicted molar refractivity (Wildman–Crippen MR) is 146 cm³/mol. The molecule has 2 aliphatic heterocycles. The number of rotatable bonds is 6. The molecule has 3 amide bonds. The van der Waals surface area contributed by atoms with Gasteiger partial charge < -0.3 is 15.1 Å². The minimum Gasteiger partial charge on any atom is -0.326 e. The Balaban J connectivity index is 1.36. The largest absolute Gasteiger partial charge is 0.326 e. The minimum absolute atomic E-state index is 0.0748. The van der Waals surface area contributed by atoms with Gasteiger partial charge in [0.15, 0.2) is 0 Å². The van der Waals surface area contributed by atoms with E-state index in [1.807, 2.05) is 52.0 Å². The lowest BCUT2D eigenvalue weighted by Crippen LogP contribution is -2.55. The van der Waals surface area contributed by atoms with E-state index in [0.717, 1.165) is 27.3 Å². The fourth-order valence-electron chi connectivity index (χ4n) is 5.49. The number of hydrogen-bond donors (Lipinski definition) is 1. The molecule has 0 bridgehead atoms. The van der Waals surface area contributed by atoms with Crippen LogP contribution in [0.5, 0.6) is 0 Å². The van der Waals surface area contributed by atoms with Crippen LogP contribution in [-0.2, 0) is 16.1 Å². The van der Waals surface area contributed by atoms with Crippen LogP contribution in [-0.4, -0.2) is 57.3 Å². The van der Waals surface area contributed by atoms with Crippen LogP contribution in [0.4, 0.5) is 10.1 Å². The van der Waals surface area contributed by atoms with E-state index in [9.17, 15) is 14.4 Å². The summed E-state index contributed by atoms with van der Waals surface area (Å²) in [5.41, 5.74) is 6.57. The number of hydrogen-bond acceptors (Lipinski definition) is 5. The molecular formula is C29H31FN4O3S. The van der Waals surface area contributed by atoms with Gasteiger partial charge in [0.05, 0.1) is 16.1 Å². The SMILES string of the molecule is Cc1cc(-c2scnc2C)ccc1NC(=O)C1[C@@H](F)CCN1C(=O)C(C(C)C)N1Cc2ccccc2C1=O. The number of nitrogens with zero attached hydrogens (tertiary/aromatic N) is 3. The highest BCUT2D eigenvalue weighted by Crippen LogP contribution is 2.33. The van der Waals surface area contributed by atoms with Gasteiger partial charge >= 0.3 is 0 Å². The standard InChI is InChI=1S/C29H31FN4O3S/c1-16(2)24(34-14-20-7-5-6-8-21(20)28(34)36)29(37)33-12-11-22(30)25(33)27(35)32-23-10-9-19(13-17(23)3)26-18(4)31-15-38-26/h5-10,13,15-16,22,24-25H,11-12,14H2,1-4H3,(H,32,35)/t22-,24?,25?/m0/s1. The Hall–Kier alpha value is -3.59. The molecule has 0 spiro atoms. The summed E-state index contributed by atoms with van der Waals surface area (Å²) in [6.07, 6.45) is -1.41. The van der Waals surface area contributed by atoms with Crippen LogP contribution in [0.15, 0.2) is 48.0 Å². The Labute approximate surface area is 225 Å². The Bertz CT molecular complexity index is 1400. The Morgan fingerprint density at radius 1 is 1.16 bits per heavy atom. The van der Waals surface area contributed by atoms with E-state index in [2.05, 4.69) is 10.3 Å². The molecule has 2 unspecified atom stereocenters. The fraction of sp³-hybridized carbons (Fsp3) is 0.379. The summed E-state index contributed by atoms with van der Waals surface area (Å²) in [6.45, 7) is 8.00. The van der Waals surface area contributed by atoms with Crippen molar-refractivity contribution in [3.8, 4) is 10.4 Å². The number of nitrogens with one attached hydrogen (secondary N) is 1. The van der Waals surface area contributed by atoms with Crippen molar-refractivity contribution in [3.05, 3.63) is 70.4 Å². The number of amides is 3. The molecular weight excluding hydrogens is 503 g/mol. The monoisotopic (exact) mass is 534 g/mol. The summed E-state index contributed by atoms with van der Waals surface area (Å²) in [4.78, 5) is 48.6. The number of carbonyl (C=O) groups excluding carboxylic acids is 3. The third kappa shape index (κ3) is 4.60. The Morgan fingerprint density at radius 3 is 2.58 bits per heavy atom. The van der Waals surface area contributed by atoms with E-state index in [-0.39, 0.29) is 24.8 Å². The van der Waals surface area contributed by atoms with Crippen LogP contribution in [0.1, 0.15) is 47.4 Å². The normalized spacial score (nSPS) is 19.7. The number of aromatic nitrogens is 1. The van der Waals surface area contributed by atoms with Crippen LogP contribution < -0.4 is 5.32 Å². The quantitative estimate of drug-likeness (QED) is 0.483. The molecule has 3 atom stereocenters. The number of halogens is 1. The van der Waals surface area contributed by atoms with E-state index >= 15 is 4.39 Å². The molecule has 3 aromatic rings. The number of thiazole rings is 1. The molecule has 2 aromatic carbocycles. The first-order chi connectivity index (χ1) is 18.2. The molecule has 0 radical (unpaired) electrons. The molecule has 1 N–H and O–H groups in total. The van der Waals surface area contributed by atoms with Crippen molar-refractivity contribution in [2.45, 2.75) is 58.9 Å². The zero-order valence-electron chi connectivity index (χ0n) is 21.9. The molecule has 198 valence electrons. The highest BCUT2D eigenvalue weighted by molar-refractivity contribution is 7.13. The topological polar surface area (TPSA) is 82.6 Å². The first-order valence-corrected chi connectivity index (χ1v) is 13.7. The lowest BCUT2D eigenvalue weighted by atomic mass is 10.00. The summed E-state index contributed by atoms with van der Waals surface area (Å²) in [6, 6.07) is 10.9. The van der Waals surface area contributed by atoms with Crippen molar-refractivity contribution < 1.29 is 18.8 Å². The third-order valence-corrected chi connectivity index (χ3v) is 8.42. The number of anilines is 1. The molecule has 1 saturated heterocycles. The molecule has 2 aliphatic rings. The van der Waals surface area contributed by atoms with Crippen LogP contribution >= 0.6 is 11.3 Å². The lowest BCUT2D eigenvalue weighted by Gasteiger charge is -2.35. The summed E-state index contributed by atoms with van der Waals surface area (Å²) in [5.74, 6) is -1.38. The molecule has 38 heavy (non-hydrogen) atoms. The summed E-state index contributed by atoms with van der Waals surface area (Å²) < 4.78 is 15.1.